The normalized spacial score (nSPS) is 25.8. The molecule has 29 heavy (non-hydrogen) atoms. The van der Waals surface area contributed by atoms with Crippen molar-refractivity contribution in [2.45, 2.75) is 56.4 Å². The van der Waals surface area contributed by atoms with Crippen molar-refractivity contribution in [1.82, 2.24) is 0 Å². The first kappa shape index (κ1) is 21.6. The van der Waals surface area contributed by atoms with Crippen LogP contribution >= 0.6 is 0 Å². The van der Waals surface area contributed by atoms with Crippen LogP contribution in [0.1, 0.15) is 56.6 Å². The van der Waals surface area contributed by atoms with Gasteiger partial charge in [0.25, 0.3) is 0 Å². The van der Waals surface area contributed by atoms with Crippen LogP contribution in [0.3, 0.4) is 0 Å². The molecule has 0 bridgehead atoms. The van der Waals surface area contributed by atoms with Gasteiger partial charge in [-0.2, -0.15) is 0 Å². The Labute approximate surface area is 170 Å². The van der Waals surface area contributed by atoms with Gasteiger partial charge >= 0.3 is 0 Å². The average Bonchev–Trinajstić information content (AvgIpc) is 2.77. The lowest BCUT2D eigenvalue weighted by Crippen LogP contribution is -2.42. The van der Waals surface area contributed by atoms with Gasteiger partial charge in [0.05, 0.1) is 16.8 Å². The minimum Gasteiger partial charge on any atom is -0.392 e. The molecule has 3 rings (SSSR count). The van der Waals surface area contributed by atoms with Gasteiger partial charge in [0.1, 0.15) is 11.5 Å². The molecule has 3 atom stereocenters. The van der Waals surface area contributed by atoms with E-state index in [1.54, 1.807) is 12.1 Å². The van der Waals surface area contributed by atoms with E-state index in [0.29, 0.717) is 18.4 Å². The van der Waals surface area contributed by atoms with Crippen LogP contribution in [-0.4, -0.2) is 25.4 Å². The van der Waals surface area contributed by atoms with Gasteiger partial charge < -0.3 is 5.11 Å². The third kappa shape index (κ3) is 3.98. The van der Waals surface area contributed by atoms with E-state index in [1.807, 2.05) is 13.8 Å². The topological polar surface area (TPSA) is 83.8 Å². The SMILES string of the molecule is CCCC[C@]1(CC)CS(=O)(=O)c2ccc(F)cc2[C@@H](c2cccc(N=O)c2)[C@H]1O. The number of aliphatic hydroxyl groups is 1. The fourth-order valence-electron chi connectivity index (χ4n) is 4.48. The molecule has 0 fully saturated rings. The zero-order chi connectivity index (χ0) is 21.2. The van der Waals surface area contributed by atoms with Crippen molar-refractivity contribution in [1.29, 1.82) is 0 Å². The Morgan fingerprint density at radius 3 is 2.62 bits per heavy atom. The van der Waals surface area contributed by atoms with E-state index in [9.17, 15) is 22.8 Å². The summed E-state index contributed by atoms with van der Waals surface area (Å²) in [5.41, 5.74) is 0.0789. The fraction of sp³-hybridized carbons (Fsp3) is 0.455. The highest BCUT2D eigenvalue weighted by atomic mass is 32.2. The quantitative estimate of drug-likeness (QED) is 0.522. The first-order valence-corrected chi connectivity index (χ1v) is 11.6. The van der Waals surface area contributed by atoms with Crippen LogP contribution in [0, 0.1) is 16.1 Å². The minimum absolute atomic E-state index is 0.0410. The van der Waals surface area contributed by atoms with Gasteiger partial charge in [-0.3, -0.25) is 0 Å². The molecule has 0 saturated heterocycles. The predicted octanol–water partition coefficient (Wildman–Crippen LogP) is 5.09. The molecular formula is C22H26FNO4S. The monoisotopic (exact) mass is 419 g/mol. The zero-order valence-electron chi connectivity index (χ0n) is 16.6. The molecule has 0 radical (unpaired) electrons. The summed E-state index contributed by atoms with van der Waals surface area (Å²) in [5, 5.41) is 14.5. The van der Waals surface area contributed by atoms with Crippen LogP contribution in [0.2, 0.25) is 0 Å². The number of hydrogen-bond donors (Lipinski definition) is 1. The van der Waals surface area contributed by atoms with Gasteiger partial charge in [0, 0.05) is 11.3 Å². The molecule has 0 unspecified atom stereocenters. The molecule has 1 aliphatic heterocycles. The first-order chi connectivity index (χ1) is 13.8. The molecule has 0 amide bonds. The molecule has 2 aromatic rings. The molecule has 1 heterocycles. The summed E-state index contributed by atoms with van der Waals surface area (Å²) in [4.78, 5) is 11.1. The lowest BCUT2D eigenvalue weighted by Gasteiger charge is -2.39. The van der Waals surface area contributed by atoms with Crippen molar-refractivity contribution in [3.63, 3.8) is 0 Å². The highest BCUT2D eigenvalue weighted by molar-refractivity contribution is 7.91. The Bertz CT molecular complexity index is 1010. The van der Waals surface area contributed by atoms with Crippen molar-refractivity contribution >= 4 is 15.5 Å². The summed E-state index contributed by atoms with van der Waals surface area (Å²) in [7, 11) is -3.75. The number of sulfone groups is 1. The predicted molar refractivity (Wildman–Crippen MR) is 110 cm³/mol. The molecule has 0 aromatic heterocycles. The molecule has 5 nitrogen and oxygen atoms in total. The van der Waals surface area contributed by atoms with Crippen molar-refractivity contribution in [2.24, 2.45) is 10.6 Å². The number of fused-ring (bicyclic) bond motifs is 1. The van der Waals surface area contributed by atoms with Crippen LogP contribution in [0.25, 0.3) is 0 Å². The summed E-state index contributed by atoms with van der Waals surface area (Å²) < 4.78 is 40.7. The van der Waals surface area contributed by atoms with Crippen LogP contribution in [-0.2, 0) is 9.84 Å². The van der Waals surface area contributed by atoms with Gasteiger partial charge in [-0.05, 0) is 59.5 Å². The number of hydrogen-bond acceptors (Lipinski definition) is 5. The van der Waals surface area contributed by atoms with Crippen molar-refractivity contribution in [3.05, 3.63) is 64.3 Å². The molecule has 0 spiro atoms. The third-order valence-electron chi connectivity index (χ3n) is 6.13. The Hall–Kier alpha value is -2.12. The lowest BCUT2D eigenvalue weighted by atomic mass is 9.69. The summed E-state index contributed by atoms with van der Waals surface area (Å²) in [6.45, 7) is 3.90. The average molecular weight is 420 g/mol. The molecule has 1 N–H and O–H groups in total. The van der Waals surface area contributed by atoms with Gasteiger partial charge in [-0.15, -0.1) is 4.91 Å². The Balaban J connectivity index is 2.31. The van der Waals surface area contributed by atoms with Crippen molar-refractivity contribution in [2.75, 3.05) is 5.75 Å². The van der Waals surface area contributed by atoms with E-state index >= 15 is 0 Å². The van der Waals surface area contributed by atoms with E-state index < -0.39 is 33.1 Å². The van der Waals surface area contributed by atoms with Gasteiger partial charge in [-0.1, -0.05) is 38.8 Å². The van der Waals surface area contributed by atoms with E-state index in [0.717, 1.165) is 18.9 Å². The van der Waals surface area contributed by atoms with Crippen LogP contribution in [0.5, 0.6) is 0 Å². The number of unbranched alkanes of at least 4 members (excludes halogenated alkanes) is 1. The second-order valence-electron chi connectivity index (χ2n) is 7.87. The van der Waals surface area contributed by atoms with Gasteiger partial charge in [-0.25, -0.2) is 12.8 Å². The van der Waals surface area contributed by atoms with E-state index in [1.165, 1.54) is 24.3 Å². The highest BCUT2D eigenvalue weighted by Gasteiger charge is 2.49. The number of halogens is 1. The van der Waals surface area contributed by atoms with E-state index in [4.69, 9.17) is 0 Å². The van der Waals surface area contributed by atoms with Crippen LogP contribution in [0.15, 0.2) is 52.5 Å². The summed E-state index contributed by atoms with van der Waals surface area (Å²) in [6, 6.07) is 10.0. The lowest BCUT2D eigenvalue weighted by molar-refractivity contribution is 0.0174. The first-order valence-electron chi connectivity index (χ1n) is 9.91. The van der Waals surface area contributed by atoms with Crippen LogP contribution in [0.4, 0.5) is 10.1 Å². The molecule has 0 aliphatic carbocycles. The maximum Gasteiger partial charge on any atom is 0.179 e. The minimum atomic E-state index is -3.75. The molecule has 0 saturated carbocycles. The summed E-state index contributed by atoms with van der Waals surface area (Å²) >= 11 is 0. The van der Waals surface area contributed by atoms with Crippen molar-refractivity contribution < 1.29 is 17.9 Å². The molecule has 156 valence electrons. The number of benzene rings is 2. The molecule has 2 aromatic carbocycles. The Kier molecular flexibility index (Phi) is 6.19. The fourth-order valence-corrected chi connectivity index (χ4v) is 6.74. The molecule has 1 aliphatic rings. The second-order valence-corrected chi connectivity index (χ2v) is 9.83. The number of rotatable bonds is 6. The number of nitrogens with zero attached hydrogens (tertiary/aromatic N) is 1. The smallest absolute Gasteiger partial charge is 0.179 e. The summed E-state index contributed by atoms with van der Waals surface area (Å²) in [6.07, 6.45) is 1.59. The van der Waals surface area contributed by atoms with Crippen molar-refractivity contribution in [3.8, 4) is 0 Å². The standard InChI is InChI=1S/C22H26FNO4S/c1-3-5-11-22(4-2)14-29(27,28)19-10-9-16(23)13-18(19)20(21(22)25)15-7-6-8-17(12-15)24-26/h6-10,12-13,20-21,25H,3-5,11,14H2,1-2H3/t20-,21-,22-/m1/s1. The number of aliphatic hydroxyl groups excluding tert-OH is 1. The number of nitroso groups, excluding NO2 is 1. The largest absolute Gasteiger partial charge is 0.392 e. The summed E-state index contributed by atoms with van der Waals surface area (Å²) in [5.74, 6) is -1.55. The van der Waals surface area contributed by atoms with Gasteiger partial charge in [0.15, 0.2) is 9.84 Å². The highest BCUT2D eigenvalue weighted by Crippen LogP contribution is 2.49. The third-order valence-corrected chi connectivity index (χ3v) is 8.13. The van der Waals surface area contributed by atoms with E-state index in [2.05, 4.69) is 5.18 Å². The van der Waals surface area contributed by atoms with E-state index in [-0.39, 0.29) is 21.9 Å². The zero-order valence-corrected chi connectivity index (χ0v) is 17.5. The maximum absolute atomic E-state index is 14.2. The van der Waals surface area contributed by atoms with Gasteiger partial charge in [0.2, 0.25) is 0 Å². The van der Waals surface area contributed by atoms with Crippen LogP contribution < -0.4 is 0 Å². The molecule has 7 heteroatoms. The Morgan fingerprint density at radius 2 is 1.97 bits per heavy atom. The maximum atomic E-state index is 14.2. The Morgan fingerprint density at radius 1 is 1.21 bits per heavy atom. The molecular weight excluding hydrogens is 393 g/mol. The second kappa shape index (κ2) is 8.32.